The maximum atomic E-state index is 13.7. The molecule has 0 bridgehead atoms. The fraction of sp³-hybridized carbons (Fsp3) is 0.167. The number of nitrogens with zero attached hydrogens (tertiary/aromatic N) is 2. The Bertz CT molecular complexity index is 2030. The topological polar surface area (TPSA) is 120 Å². The molecule has 44 heavy (non-hydrogen) atoms. The molecular formula is C36H28N2O6. The Kier molecular flexibility index (Phi) is 6.73. The van der Waals surface area contributed by atoms with Crippen molar-refractivity contribution in [3.05, 3.63) is 150 Å². The monoisotopic (exact) mass is 584 g/mol. The molecule has 4 aromatic carbocycles. The van der Waals surface area contributed by atoms with Gasteiger partial charge in [-0.3, -0.25) is 29.8 Å². The lowest BCUT2D eigenvalue weighted by atomic mass is 9.76. The molecule has 0 fully saturated rings. The lowest BCUT2D eigenvalue weighted by Crippen LogP contribution is -2.23. The molecule has 8 heteroatoms. The molecule has 218 valence electrons. The zero-order valence-electron chi connectivity index (χ0n) is 24.6. The number of para-hydroxylation sites is 1. The number of benzene rings is 4. The predicted molar refractivity (Wildman–Crippen MR) is 168 cm³/mol. The molecule has 0 saturated carbocycles. The van der Waals surface area contributed by atoms with Crippen LogP contribution in [0.4, 0.5) is 5.69 Å². The Morgan fingerprint density at radius 2 is 1.30 bits per heavy atom. The van der Waals surface area contributed by atoms with Gasteiger partial charge >= 0.3 is 0 Å². The highest BCUT2D eigenvalue weighted by Gasteiger charge is 2.42. The maximum Gasteiger partial charge on any atom is 0.277 e. The Balaban J connectivity index is 1.73. The van der Waals surface area contributed by atoms with Crippen LogP contribution in [0, 0.1) is 20.2 Å². The first-order valence-electron chi connectivity index (χ1n) is 14.3. The van der Waals surface area contributed by atoms with Crippen molar-refractivity contribution in [1.29, 1.82) is 0 Å². The average molecular weight is 585 g/mol. The Hall–Kier alpha value is -5.50. The fourth-order valence-electron chi connectivity index (χ4n) is 6.72. The van der Waals surface area contributed by atoms with E-state index in [1.54, 1.807) is 86.7 Å². The number of nitro benzene ring substituents is 1. The van der Waals surface area contributed by atoms with Crippen LogP contribution in [-0.4, -0.2) is 21.4 Å². The van der Waals surface area contributed by atoms with Gasteiger partial charge in [-0.2, -0.15) is 0 Å². The largest absolute Gasteiger partial charge is 0.289 e. The summed E-state index contributed by atoms with van der Waals surface area (Å²) in [5, 5.41) is 24.4. The second-order valence-electron chi connectivity index (χ2n) is 11.5. The second kappa shape index (κ2) is 10.3. The van der Waals surface area contributed by atoms with E-state index in [0.717, 1.165) is 11.1 Å². The van der Waals surface area contributed by atoms with Crippen molar-refractivity contribution in [2.75, 3.05) is 0 Å². The van der Waals surface area contributed by atoms with Gasteiger partial charge in [-0.25, -0.2) is 0 Å². The van der Waals surface area contributed by atoms with Crippen molar-refractivity contribution in [3.63, 3.8) is 0 Å². The van der Waals surface area contributed by atoms with Gasteiger partial charge in [-0.15, -0.1) is 0 Å². The molecule has 0 atom stereocenters. The molecule has 2 aliphatic rings. The van der Waals surface area contributed by atoms with Crippen LogP contribution < -0.4 is 0 Å². The number of carbonyl (C=O) groups is 2. The number of hydrogen-bond acceptors (Lipinski definition) is 6. The van der Waals surface area contributed by atoms with E-state index >= 15 is 0 Å². The van der Waals surface area contributed by atoms with Crippen LogP contribution in [0.5, 0.6) is 0 Å². The molecule has 0 amide bonds. The summed E-state index contributed by atoms with van der Waals surface area (Å²) in [6.07, 6.45) is 3.57. The summed E-state index contributed by atoms with van der Waals surface area (Å²) in [4.78, 5) is 50.8. The molecule has 2 aliphatic carbocycles. The third-order valence-corrected chi connectivity index (χ3v) is 8.69. The molecule has 0 unspecified atom stereocenters. The summed E-state index contributed by atoms with van der Waals surface area (Å²) in [7, 11) is 0. The van der Waals surface area contributed by atoms with E-state index in [4.69, 9.17) is 0 Å². The van der Waals surface area contributed by atoms with Gasteiger partial charge in [0.05, 0.1) is 21.0 Å². The van der Waals surface area contributed by atoms with Crippen molar-refractivity contribution in [2.24, 2.45) is 0 Å². The van der Waals surface area contributed by atoms with Crippen molar-refractivity contribution in [3.8, 4) is 22.3 Å². The molecule has 6 rings (SSSR count). The smallest absolute Gasteiger partial charge is 0.277 e. The number of rotatable bonds is 6. The van der Waals surface area contributed by atoms with E-state index in [9.17, 15) is 29.8 Å². The van der Waals surface area contributed by atoms with Gasteiger partial charge in [-0.1, -0.05) is 69.3 Å². The van der Waals surface area contributed by atoms with Crippen LogP contribution in [0.2, 0.25) is 0 Å². The maximum absolute atomic E-state index is 13.7. The highest BCUT2D eigenvalue weighted by atomic mass is 16.6. The molecule has 4 aromatic rings. The quantitative estimate of drug-likeness (QED) is 0.112. The minimum absolute atomic E-state index is 0.0110. The molecule has 0 saturated heterocycles. The SMILES string of the molecule is C/C=C\C(=C(/CC)[N+](=O)[O-])c1cc(-c2ccccc2[N+](=O)[O-])c2c(c1)-c1cc3c(cc1C2(C)C)C(=O)c1ccccc1C3=O. The van der Waals surface area contributed by atoms with E-state index < -0.39 is 15.3 Å². The summed E-state index contributed by atoms with van der Waals surface area (Å²) in [6.45, 7) is 7.46. The lowest BCUT2D eigenvalue weighted by molar-refractivity contribution is -0.426. The van der Waals surface area contributed by atoms with Crippen LogP contribution in [0.15, 0.2) is 90.6 Å². The molecule has 8 nitrogen and oxygen atoms in total. The molecule has 0 heterocycles. The van der Waals surface area contributed by atoms with E-state index in [1.807, 2.05) is 19.9 Å². The Morgan fingerprint density at radius 1 is 0.750 bits per heavy atom. The van der Waals surface area contributed by atoms with Gasteiger partial charge in [0.25, 0.3) is 11.4 Å². The number of hydrogen-bond donors (Lipinski definition) is 0. The first kappa shape index (κ1) is 28.6. The summed E-state index contributed by atoms with van der Waals surface area (Å²) in [6, 6.07) is 20.4. The fourth-order valence-corrected chi connectivity index (χ4v) is 6.72. The van der Waals surface area contributed by atoms with E-state index in [2.05, 4.69) is 0 Å². The van der Waals surface area contributed by atoms with Crippen molar-refractivity contribution < 1.29 is 19.4 Å². The zero-order chi connectivity index (χ0) is 31.5. The third-order valence-electron chi connectivity index (χ3n) is 8.69. The molecule has 0 radical (unpaired) electrons. The molecule has 0 aliphatic heterocycles. The van der Waals surface area contributed by atoms with Gasteiger partial charge in [0.2, 0.25) is 0 Å². The summed E-state index contributed by atoms with van der Waals surface area (Å²) >= 11 is 0. The normalized spacial score (nSPS) is 14.9. The summed E-state index contributed by atoms with van der Waals surface area (Å²) in [5.74, 6) is -0.489. The Morgan fingerprint density at radius 3 is 1.84 bits per heavy atom. The number of ketones is 2. The minimum Gasteiger partial charge on any atom is -0.289 e. The number of nitro groups is 2. The minimum atomic E-state index is -0.737. The average Bonchev–Trinajstić information content (AvgIpc) is 3.24. The summed E-state index contributed by atoms with van der Waals surface area (Å²) in [5.41, 5.74) is 5.33. The summed E-state index contributed by atoms with van der Waals surface area (Å²) < 4.78 is 0. The molecule has 0 spiro atoms. The Labute approximate surface area is 253 Å². The van der Waals surface area contributed by atoms with Gasteiger partial charge in [0.1, 0.15) is 0 Å². The van der Waals surface area contributed by atoms with Crippen LogP contribution in [0.25, 0.3) is 27.8 Å². The van der Waals surface area contributed by atoms with Gasteiger partial charge in [0, 0.05) is 40.2 Å². The lowest BCUT2D eigenvalue weighted by Gasteiger charge is -2.26. The number of fused-ring (bicyclic) bond motifs is 5. The zero-order valence-corrected chi connectivity index (χ0v) is 24.6. The van der Waals surface area contributed by atoms with Crippen LogP contribution in [-0.2, 0) is 5.41 Å². The first-order valence-corrected chi connectivity index (χ1v) is 14.3. The van der Waals surface area contributed by atoms with Gasteiger partial charge < -0.3 is 0 Å². The van der Waals surface area contributed by atoms with Crippen LogP contribution in [0.1, 0.15) is 82.6 Å². The third kappa shape index (κ3) is 4.13. The highest BCUT2D eigenvalue weighted by molar-refractivity contribution is 6.29. The highest BCUT2D eigenvalue weighted by Crippen LogP contribution is 2.55. The molecule has 0 N–H and O–H groups in total. The predicted octanol–water partition coefficient (Wildman–Crippen LogP) is 8.32. The van der Waals surface area contributed by atoms with E-state index in [0.29, 0.717) is 50.1 Å². The first-order chi connectivity index (χ1) is 21.0. The van der Waals surface area contributed by atoms with Crippen LogP contribution in [0.3, 0.4) is 0 Å². The molecule has 0 aromatic heterocycles. The van der Waals surface area contributed by atoms with Gasteiger partial charge in [0.15, 0.2) is 11.6 Å². The number of allylic oxidation sites excluding steroid dienone is 4. The van der Waals surface area contributed by atoms with E-state index in [-0.39, 0.29) is 34.9 Å². The van der Waals surface area contributed by atoms with Crippen molar-refractivity contribution in [2.45, 2.75) is 39.5 Å². The number of carbonyl (C=O) groups excluding carboxylic acids is 2. The molecular weight excluding hydrogens is 556 g/mol. The second-order valence-corrected chi connectivity index (χ2v) is 11.5. The van der Waals surface area contributed by atoms with Crippen molar-refractivity contribution in [1.82, 2.24) is 0 Å². The van der Waals surface area contributed by atoms with Crippen LogP contribution >= 0.6 is 0 Å². The van der Waals surface area contributed by atoms with Crippen molar-refractivity contribution >= 4 is 22.8 Å². The standard InChI is InChI=1S/C36H28N2O6/c1-5-11-21(31(6-2)37(41)42)20-16-26(22-12-9-10-15-32(22)38(43)44)33-27(17-20)25-18-28-29(19-30(25)36(33,3)4)35(40)24-14-8-7-13-23(24)34(28)39/h5,7-19H,6H2,1-4H3/b11-5-,31-21-. The van der Waals surface area contributed by atoms with Gasteiger partial charge in [-0.05, 0) is 70.6 Å². The van der Waals surface area contributed by atoms with E-state index in [1.165, 1.54) is 6.07 Å².